The van der Waals surface area contributed by atoms with E-state index in [0.717, 1.165) is 76.3 Å². The minimum atomic E-state index is -2.89. The zero-order valence-corrected chi connectivity index (χ0v) is 36.8. The Labute approximate surface area is 380 Å². The lowest BCUT2D eigenvalue weighted by molar-refractivity contribution is -0.136. The van der Waals surface area contributed by atoms with Gasteiger partial charge in [0.05, 0.1) is 35.6 Å². The normalized spacial score (nSPS) is 22.5. The molecule has 0 bridgehead atoms. The molecule has 9 rings (SSSR count). The number of nitrogens with one attached hydrogen (secondary N) is 4. The third-order valence-corrected chi connectivity index (χ3v) is 13.2. The van der Waals surface area contributed by atoms with Crippen molar-refractivity contribution in [2.24, 2.45) is 11.8 Å². The average Bonchev–Trinajstić information content (AvgIpc) is 3.71. The van der Waals surface area contributed by atoms with Crippen LogP contribution in [0, 0.1) is 11.8 Å². The molecule has 66 heavy (non-hydrogen) atoms. The Balaban J connectivity index is 0.706. The summed E-state index contributed by atoms with van der Waals surface area (Å²) < 4.78 is 41.7. The molecule has 4 fully saturated rings. The van der Waals surface area contributed by atoms with Crippen LogP contribution in [0.4, 0.5) is 26.0 Å². The Morgan fingerprint density at radius 3 is 2.59 bits per heavy atom. The van der Waals surface area contributed by atoms with Gasteiger partial charge in [-0.2, -0.15) is 5.10 Å². The fourth-order valence-electron chi connectivity index (χ4n) is 9.52. The number of anilines is 3. The van der Waals surface area contributed by atoms with E-state index >= 15 is 0 Å². The SMILES string of the molecule is CN(CC1CCC(n2cc(NC(=O)c3coc(-c4ccnc(NCC5CC5)c4)n3)c(C(F)F)n2)CC1)C[C@@H]1CN(CCCNc2cccc3c2C(=O)N(C2CCC(=O)NC2=O)C3=O)CCO1. The summed E-state index contributed by atoms with van der Waals surface area (Å²) in [6, 6.07) is 7.48. The fraction of sp³-hybridized carbons (Fsp3) is 0.522. The third-order valence-electron chi connectivity index (χ3n) is 13.2. The quantitative estimate of drug-likeness (QED) is 0.0747. The Morgan fingerprint density at radius 1 is 0.985 bits per heavy atom. The second kappa shape index (κ2) is 19.8. The molecular weight excluding hydrogens is 857 g/mol. The molecule has 2 saturated carbocycles. The zero-order valence-electron chi connectivity index (χ0n) is 36.8. The molecule has 4 aromatic rings. The van der Waals surface area contributed by atoms with Gasteiger partial charge in [0, 0.05) is 75.9 Å². The van der Waals surface area contributed by atoms with Gasteiger partial charge in [-0.3, -0.25) is 43.8 Å². The average molecular weight is 912 g/mol. The summed E-state index contributed by atoms with van der Waals surface area (Å²) in [5, 5.41) is 15.7. The van der Waals surface area contributed by atoms with E-state index in [4.69, 9.17) is 9.15 Å². The summed E-state index contributed by atoms with van der Waals surface area (Å²) in [7, 11) is 2.10. The van der Waals surface area contributed by atoms with Crippen LogP contribution in [0.5, 0.6) is 0 Å². The van der Waals surface area contributed by atoms with Crippen molar-refractivity contribution in [1.82, 2.24) is 39.8 Å². The minimum absolute atomic E-state index is 0.0315. The number of piperidine rings is 1. The number of aromatic nitrogens is 4. The summed E-state index contributed by atoms with van der Waals surface area (Å²) in [5.74, 6) is -0.809. The molecule has 1 unspecified atom stereocenters. The largest absolute Gasteiger partial charge is 0.444 e. The predicted molar refractivity (Wildman–Crippen MR) is 237 cm³/mol. The van der Waals surface area contributed by atoms with Gasteiger partial charge in [0.2, 0.25) is 17.7 Å². The Kier molecular flexibility index (Phi) is 13.5. The molecule has 3 aromatic heterocycles. The van der Waals surface area contributed by atoms with Gasteiger partial charge in [0.1, 0.15) is 18.1 Å². The number of benzene rings is 1. The lowest BCUT2D eigenvalue weighted by Crippen LogP contribution is -2.54. The van der Waals surface area contributed by atoms with Gasteiger partial charge in [-0.1, -0.05) is 6.07 Å². The van der Waals surface area contributed by atoms with E-state index in [0.29, 0.717) is 42.1 Å². The molecule has 5 amide bonds. The highest BCUT2D eigenvalue weighted by Gasteiger charge is 2.45. The van der Waals surface area contributed by atoms with Crippen molar-refractivity contribution < 1.29 is 41.9 Å². The highest BCUT2D eigenvalue weighted by Crippen LogP contribution is 2.36. The number of ether oxygens (including phenoxy) is 1. The number of carbonyl (C=O) groups is 5. The number of nitrogens with zero attached hydrogens (tertiary/aromatic N) is 7. The van der Waals surface area contributed by atoms with E-state index in [-0.39, 0.29) is 53.4 Å². The first kappa shape index (κ1) is 45.1. The van der Waals surface area contributed by atoms with E-state index in [9.17, 15) is 32.8 Å². The molecule has 3 aliphatic heterocycles. The molecule has 18 nitrogen and oxygen atoms in total. The number of oxazole rings is 1. The predicted octanol–water partition coefficient (Wildman–Crippen LogP) is 5.21. The molecule has 0 spiro atoms. The summed E-state index contributed by atoms with van der Waals surface area (Å²) in [6.07, 6.45) is 8.18. The highest BCUT2D eigenvalue weighted by molar-refractivity contribution is 6.25. The maximum absolute atomic E-state index is 14.2. The van der Waals surface area contributed by atoms with Gasteiger partial charge in [-0.25, -0.2) is 18.7 Å². The Hall–Kier alpha value is -6.12. The number of hydrogen-bond acceptors (Lipinski definition) is 14. The van der Waals surface area contributed by atoms with Crippen LogP contribution in [-0.4, -0.2) is 136 Å². The van der Waals surface area contributed by atoms with E-state index < -0.39 is 47.7 Å². The van der Waals surface area contributed by atoms with Crippen molar-refractivity contribution in [2.75, 3.05) is 75.4 Å². The van der Waals surface area contributed by atoms with Gasteiger partial charge in [-0.15, -0.1) is 0 Å². The van der Waals surface area contributed by atoms with Crippen molar-refractivity contribution in [3.63, 3.8) is 0 Å². The van der Waals surface area contributed by atoms with Crippen LogP contribution in [0.3, 0.4) is 0 Å². The standard InChI is InChI=1S/C46H55F2N11O7/c1-56(23-31-24-57(18-19-65-31)17-3-15-49-33-5-2-4-32-39(33)46(64)59(45(32)63)36-12-13-38(60)54-43(36)62)22-28-8-10-30(11-9-28)58-25-34(40(55-58)41(47)48)52-42(61)35-26-66-44(53-35)29-14-16-50-37(20-29)51-21-27-6-7-27/h2,4-5,14,16,20,25-28,30-31,36,41,49H,3,6-13,15,17-19,21-24H2,1H3,(H,50,51)(H,52,61)(H,54,60,62)/t28?,30?,31-,36?/m1/s1. The number of pyridine rings is 1. The van der Waals surface area contributed by atoms with Crippen LogP contribution in [0.25, 0.3) is 11.5 Å². The lowest BCUT2D eigenvalue weighted by Gasteiger charge is -2.36. The number of imide groups is 2. The molecule has 0 radical (unpaired) electrons. The third kappa shape index (κ3) is 10.3. The Bertz CT molecular complexity index is 2450. The summed E-state index contributed by atoms with van der Waals surface area (Å²) in [5.41, 5.74) is 1.09. The van der Waals surface area contributed by atoms with Crippen molar-refractivity contribution in [3.05, 3.63) is 71.5 Å². The Morgan fingerprint density at radius 2 is 1.80 bits per heavy atom. The van der Waals surface area contributed by atoms with Crippen molar-refractivity contribution in [1.29, 1.82) is 0 Å². The molecule has 20 heteroatoms. The van der Waals surface area contributed by atoms with Crippen molar-refractivity contribution in [3.8, 4) is 11.5 Å². The van der Waals surface area contributed by atoms with E-state index in [1.165, 1.54) is 25.3 Å². The van der Waals surface area contributed by atoms with Crippen LogP contribution < -0.4 is 21.3 Å². The molecule has 5 aliphatic rings. The molecular formula is C46H55F2N11O7. The van der Waals surface area contributed by atoms with E-state index in [1.807, 2.05) is 0 Å². The number of carbonyl (C=O) groups excluding carboxylic acids is 5. The first-order chi connectivity index (χ1) is 32.0. The summed E-state index contributed by atoms with van der Waals surface area (Å²) >= 11 is 0. The molecule has 4 N–H and O–H groups in total. The van der Waals surface area contributed by atoms with E-state index in [1.54, 1.807) is 41.2 Å². The second-order valence-electron chi connectivity index (χ2n) is 18.1. The van der Waals surface area contributed by atoms with Crippen LogP contribution >= 0.6 is 0 Å². The monoisotopic (exact) mass is 911 g/mol. The van der Waals surface area contributed by atoms with E-state index in [2.05, 4.69) is 53.2 Å². The lowest BCUT2D eigenvalue weighted by atomic mass is 9.86. The number of rotatable bonds is 18. The smallest absolute Gasteiger partial charge is 0.284 e. The first-order valence-electron chi connectivity index (χ1n) is 22.9. The number of halogens is 2. The number of fused-ring (bicyclic) bond motifs is 1. The van der Waals surface area contributed by atoms with Crippen LogP contribution in [0.1, 0.15) is 107 Å². The maximum Gasteiger partial charge on any atom is 0.284 e. The van der Waals surface area contributed by atoms with Crippen molar-refractivity contribution >= 4 is 46.7 Å². The van der Waals surface area contributed by atoms with Crippen LogP contribution in [0.2, 0.25) is 0 Å². The maximum atomic E-state index is 14.2. The zero-order chi connectivity index (χ0) is 45.9. The van der Waals surface area contributed by atoms with Gasteiger partial charge in [0.15, 0.2) is 11.4 Å². The molecule has 2 aliphatic carbocycles. The fourth-order valence-corrected chi connectivity index (χ4v) is 9.52. The van der Waals surface area contributed by atoms with Crippen LogP contribution in [-0.2, 0) is 14.3 Å². The molecule has 1 aromatic carbocycles. The number of morpholine rings is 1. The molecule has 6 heterocycles. The first-order valence-corrected chi connectivity index (χ1v) is 22.9. The van der Waals surface area contributed by atoms with Crippen molar-refractivity contribution in [2.45, 2.75) is 82.4 Å². The number of hydrogen-bond donors (Lipinski definition) is 4. The topological polar surface area (TPSA) is 209 Å². The van der Waals surface area contributed by atoms with Gasteiger partial charge < -0.3 is 30.0 Å². The number of likely N-dealkylation sites (N-methyl/N-ethyl adjacent to an activating group) is 1. The second-order valence-corrected chi connectivity index (χ2v) is 18.1. The molecule has 2 atom stereocenters. The van der Waals surface area contributed by atoms with Gasteiger partial charge in [0.25, 0.3) is 24.1 Å². The number of alkyl halides is 2. The minimum Gasteiger partial charge on any atom is -0.444 e. The summed E-state index contributed by atoms with van der Waals surface area (Å²) in [6.45, 7) is 6.05. The molecule has 2 saturated heterocycles. The van der Waals surface area contributed by atoms with Crippen LogP contribution in [0.15, 0.2) is 53.4 Å². The summed E-state index contributed by atoms with van der Waals surface area (Å²) in [4.78, 5) is 78.3. The van der Waals surface area contributed by atoms with Gasteiger partial charge in [-0.05, 0) is 94.5 Å². The number of amides is 5. The van der Waals surface area contributed by atoms with Gasteiger partial charge >= 0.3 is 0 Å². The highest BCUT2D eigenvalue weighted by atomic mass is 19.3. The molecule has 350 valence electrons.